The molecule has 0 aromatic carbocycles. The summed E-state index contributed by atoms with van der Waals surface area (Å²) in [5.74, 6) is 0. The van der Waals surface area contributed by atoms with Gasteiger partial charge >= 0.3 is 0 Å². The molecule has 1 saturated heterocycles. The molecule has 112 valence electrons. The van der Waals surface area contributed by atoms with Gasteiger partial charge in [0.05, 0.1) is 11.3 Å². The van der Waals surface area contributed by atoms with E-state index in [1.165, 1.54) is 11.1 Å². The Hall–Kier alpha value is -1.32. The first-order valence-corrected chi connectivity index (χ1v) is 7.78. The van der Waals surface area contributed by atoms with Crippen molar-refractivity contribution in [2.75, 3.05) is 13.6 Å². The fraction of sp³-hybridized carbons (Fsp3) is 0.750. The van der Waals surface area contributed by atoms with Gasteiger partial charge < -0.3 is 4.90 Å². The molecule has 0 aromatic rings. The zero-order chi connectivity index (χ0) is 14.8. The van der Waals surface area contributed by atoms with Crippen LogP contribution in [0.15, 0.2) is 28.7 Å². The quantitative estimate of drug-likeness (QED) is 0.732. The summed E-state index contributed by atoms with van der Waals surface area (Å²) in [7, 11) is 2.17. The number of nitrogens with zero attached hydrogens (tertiary/aromatic N) is 3. The highest BCUT2D eigenvalue weighted by Gasteiger charge is 2.37. The Bertz CT molecular complexity index is 423. The van der Waals surface area contributed by atoms with Crippen LogP contribution in [-0.4, -0.2) is 35.1 Å². The van der Waals surface area contributed by atoms with Crippen LogP contribution in [0.5, 0.6) is 0 Å². The molecule has 1 fully saturated rings. The summed E-state index contributed by atoms with van der Waals surface area (Å²) in [6, 6.07) is 0.209. The molecule has 2 aliphatic heterocycles. The molecular formula is C16H27N3O. The second-order valence-electron chi connectivity index (χ2n) is 6.15. The van der Waals surface area contributed by atoms with E-state index in [0.717, 1.165) is 38.6 Å². The van der Waals surface area contributed by atoms with Gasteiger partial charge in [0.15, 0.2) is 0 Å². The van der Waals surface area contributed by atoms with Crippen molar-refractivity contribution in [3.05, 3.63) is 28.3 Å². The third kappa shape index (κ3) is 2.48. The van der Waals surface area contributed by atoms with Crippen LogP contribution in [0.2, 0.25) is 0 Å². The first kappa shape index (κ1) is 15.1. The molecule has 0 aliphatic carbocycles. The average molecular weight is 277 g/mol. The molecule has 4 nitrogen and oxygen atoms in total. The van der Waals surface area contributed by atoms with Crippen LogP contribution in [0.1, 0.15) is 52.9 Å². The van der Waals surface area contributed by atoms with E-state index in [4.69, 9.17) is 0 Å². The predicted octanol–water partition coefficient (Wildman–Crippen LogP) is 3.86. The maximum absolute atomic E-state index is 11.0. The van der Waals surface area contributed by atoms with E-state index in [9.17, 15) is 4.91 Å². The normalized spacial score (nSPS) is 26.1. The minimum absolute atomic E-state index is 0.167. The summed E-state index contributed by atoms with van der Waals surface area (Å²) in [4.78, 5) is 13.4. The van der Waals surface area contributed by atoms with Gasteiger partial charge in [-0.05, 0) is 62.5 Å². The van der Waals surface area contributed by atoms with Crippen molar-refractivity contribution in [1.29, 1.82) is 0 Å². The molecule has 2 heterocycles. The standard InChI is InChI=1S/C16H27N3O/c1-5-16(6-2)12-14(13(3)9-11-18(16)4)15-8-7-10-19(15)17-20/h9,11,15H,5-8,10,12H2,1-4H3. The fourth-order valence-corrected chi connectivity index (χ4v) is 3.69. The van der Waals surface area contributed by atoms with E-state index in [1.807, 2.05) is 0 Å². The van der Waals surface area contributed by atoms with Gasteiger partial charge in [0.25, 0.3) is 0 Å². The van der Waals surface area contributed by atoms with E-state index in [0.29, 0.717) is 0 Å². The zero-order valence-corrected chi connectivity index (χ0v) is 13.2. The largest absolute Gasteiger partial charge is 0.374 e. The maximum atomic E-state index is 11.0. The van der Waals surface area contributed by atoms with Crippen molar-refractivity contribution in [2.24, 2.45) is 5.29 Å². The third-order valence-corrected chi connectivity index (χ3v) is 5.37. The first-order chi connectivity index (χ1) is 9.57. The minimum atomic E-state index is 0.167. The van der Waals surface area contributed by atoms with Crippen LogP contribution >= 0.6 is 0 Å². The van der Waals surface area contributed by atoms with Crippen LogP contribution < -0.4 is 0 Å². The van der Waals surface area contributed by atoms with Crippen molar-refractivity contribution in [1.82, 2.24) is 9.91 Å². The SMILES string of the molecule is CCC1(CC)CC(C2CCCN2N=O)=C(C)C=CN1C. The van der Waals surface area contributed by atoms with Gasteiger partial charge in [-0.2, -0.15) is 0 Å². The monoisotopic (exact) mass is 277 g/mol. The lowest BCUT2D eigenvalue weighted by molar-refractivity contribution is 0.155. The summed E-state index contributed by atoms with van der Waals surface area (Å²) in [6.45, 7) is 7.49. The third-order valence-electron chi connectivity index (χ3n) is 5.37. The lowest BCUT2D eigenvalue weighted by Crippen LogP contribution is -2.43. The predicted molar refractivity (Wildman–Crippen MR) is 83.1 cm³/mol. The first-order valence-electron chi connectivity index (χ1n) is 7.78. The van der Waals surface area contributed by atoms with Gasteiger partial charge in [-0.25, -0.2) is 0 Å². The molecule has 0 spiro atoms. The van der Waals surface area contributed by atoms with Gasteiger partial charge in [-0.1, -0.05) is 13.8 Å². The Morgan fingerprint density at radius 1 is 1.40 bits per heavy atom. The van der Waals surface area contributed by atoms with E-state index in [1.54, 1.807) is 5.01 Å². The maximum Gasteiger partial charge on any atom is 0.0719 e. The number of nitroso groups, excluding NO2 is 1. The van der Waals surface area contributed by atoms with Gasteiger partial charge in [0, 0.05) is 19.1 Å². The summed E-state index contributed by atoms with van der Waals surface area (Å²) in [6.07, 6.45) is 9.78. The highest BCUT2D eigenvalue weighted by atomic mass is 16.3. The molecule has 0 N–H and O–H groups in total. The van der Waals surface area contributed by atoms with Gasteiger partial charge in [-0.15, -0.1) is 4.91 Å². The summed E-state index contributed by atoms with van der Waals surface area (Å²) in [5, 5.41) is 4.98. The number of hydrogen-bond donors (Lipinski definition) is 0. The molecule has 0 amide bonds. The topological polar surface area (TPSA) is 35.9 Å². The lowest BCUT2D eigenvalue weighted by atomic mass is 9.81. The van der Waals surface area contributed by atoms with Crippen molar-refractivity contribution in [3.63, 3.8) is 0 Å². The molecule has 4 heteroatoms. The highest BCUT2D eigenvalue weighted by molar-refractivity contribution is 5.32. The Morgan fingerprint density at radius 3 is 2.70 bits per heavy atom. The average Bonchev–Trinajstić information content (AvgIpc) is 2.90. The number of rotatable bonds is 4. The molecule has 0 aromatic heterocycles. The fourth-order valence-electron chi connectivity index (χ4n) is 3.69. The molecule has 2 rings (SSSR count). The molecule has 20 heavy (non-hydrogen) atoms. The Labute approximate surface area is 122 Å². The van der Waals surface area contributed by atoms with Crippen molar-refractivity contribution in [3.8, 4) is 0 Å². The van der Waals surface area contributed by atoms with Gasteiger partial charge in [0.2, 0.25) is 0 Å². The van der Waals surface area contributed by atoms with Crippen LogP contribution in [0.25, 0.3) is 0 Å². The molecule has 0 radical (unpaired) electrons. The van der Waals surface area contributed by atoms with Crippen LogP contribution in [0, 0.1) is 4.91 Å². The molecule has 0 bridgehead atoms. The summed E-state index contributed by atoms with van der Waals surface area (Å²) >= 11 is 0. The molecular weight excluding hydrogens is 250 g/mol. The van der Waals surface area contributed by atoms with Gasteiger partial charge in [0.1, 0.15) is 0 Å². The molecule has 1 unspecified atom stereocenters. The lowest BCUT2D eigenvalue weighted by Gasteiger charge is -2.41. The second-order valence-corrected chi connectivity index (χ2v) is 6.15. The number of hydrogen-bond acceptors (Lipinski definition) is 3. The number of allylic oxidation sites excluding steroid dienone is 2. The van der Waals surface area contributed by atoms with Crippen LogP contribution in [0.4, 0.5) is 0 Å². The molecule has 1 atom stereocenters. The Morgan fingerprint density at radius 2 is 2.10 bits per heavy atom. The van der Waals surface area contributed by atoms with Gasteiger partial charge in [-0.3, -0.25) is 5.01 Å². The molecule has 0 saturated carbocycles. The van der Waals surface area contributed by atoms with E-state index in [2.05, 4.69) is 50.3 Å². The highest BCUT2D eigenvalue weighted by Crippen LogP contribution is 2.39. The van der Waals surface area contributed by atoms with E-state index in [-0.39, 0.29) is 11.6 Å². The van der Waals surface area contributed by atoms with Crippen LogP contribution in [0.3, 0.4) is 0 Å². The summed E-state index contributed by atoms with van der Waals surface area (Å²) < 4.78 is 0. The summed E-state index contributed by atoms with van der Waals surface area (Å²) in [5.41, 5.74) is 2.88. The van der Waals surface area contributed by atoms with Crippen molar-refractivity contribution >= 4 is 0 Å². The van der Waals surface area contributed by atoms with E-state index >= 15 is 0 Å². The zero-order valence-electron chi connectivity index (χ0n) is 13.2. The Kier molecular flexibility index (Phi) is 4.51. The van der Waals surface area contributed by atoms with Crippen molar-refractivity contribution in [2.45, 2.75) is 64.5 Å². The second kappa shape index (κ2) is 5.98. The Balaban J connectivity index is 2.36. The molecule has 2 aliphatic rings. The minimum Gasteiger partial charge on any atom is -0.374 e. The van der Waals surface area contributed by atoms with Crippen LogP contribution in [-0.2, 0) is 0 Å². The van der Waals surface area contributed by atoms with Crippen molar-refractivity contribution < 1.29 is 0 Å². The van der Waals surface area contributed by atoms with E-state index < -0.39 is 0 Å². The smallest absolute Gasteiger partial charge is 0.0719 e.